The van der Waals surface area contributed by atoms with Crippen molar-refractivity contribution in [1.82, 2.24) is 0 Å². The summed E-state index contributed by atoms with van der Waals surface area (Å²) in [6, 6.07) is 2.02. The molecule has 8 nitrogen and oxygen atoms in total. The van der Waals surface area contributed by atoms with E-state index in [1.54, 1.807) is 0 Å². The van der Waals surface area contributed by atoms with Crippen molar-refractivity contribution < 1.29 is 28.5 Å². The van der Waals surface area contributed by atoms with E-state index in [0.29, 0.717) is 0 Å². The van der Waals surface area contributed by atoms with Gasteiger partial charge in [-0.15, -0.1) is 12.4 Å². The fourth-order valence-electron chi connectivity index (χ4n) is 1.77. The summed E-state index contributed by atoms with van der Waals surface area (Å²) in [5.41, 5.74) is 6.11. The maximum Gasteiger partial charge on any atom is 0.338 e. The molecule has 0 aliphatic carbocycles. The molecule has 130 valence electrons. The average molecular weight is 349 g/mol. The lowest BCUT2D eigenvalue weighted by Gasteiger charge is -2.17. The summed E-state index contributed by atoms with van der Waals surface area (Å²) in [6.07, 6.45) is 0. The highest BCUT2D eigenvalue weighted by Crippen LogP contribution is 2.36. The van der Waals surface area contributed by atoms with Crippen LogP contribution in [-0.2, 0) is 14.3 Å². The van der Waals surface area contributed by atoms with E-state index >= 15 is 0 Å². The number of carbonyl (C=O) groups is 2. The van der Waals surface area contributed by atoms with Gasteiger partial charge in [-0.05, 0) is 12.1 Å². The Kier molecular flexibility index (Phi) is 9.01. The molecule has 1 rings (SSSR count). The minimum atomic E-state index is -0.859. The van der Waals surface area contributed by atoms with Crippen molar-refractivity contribution in [3.05, 3.63) is 17.7 Å². The third kappa shape index (κ3) is 5.27. The van der Waals surface area contributed by atoms with Gasteiger partial charge in [0, 0.05) is 7.11 Å². The number of esters is 1. The zero-order valence-electron chi connectivity index (χ0n) is 13.4. The molecule has 9 heteroatoms. The maximum atomic E-state index is 12.0. The molecule has 1 unspecified atom stereocenters. The van der Waals surface area contributed by atoms with Crippen LogP contribution in [0.3, 0.4) is 0 Å². The van der Waals surface area contributed by atoms with Crippen molar-refractivity contribution in [2.24, 2.45) is 5.73 Å². The predicted octanol–water partition coefficient (Wildman–Crippen LogP) is 0.824. The minimum Gasteiger partial charge on any atom is -0.493 e. The molecular formula is C14H21ClN2O6. The fraction of sp³-hybridized carbons (Fsp3) is 0.429. The van der Waals surface area contributed by atoms with Crippen LogP contribution >= 0.6 is 12.4 Å². The average Bonchev–Trinajstić information content (AvgIpc) is 2.53. The van der Waals surface area contributed by atoms with E-state index in [2.05, 4.69) is 10.1 Å². The first-order chi connectivity index (χ1) is 10.5. The second-order valence-electron chi connectivity index (χ2n) is 4.30. The number of nitrogens with two attached hydrogens (primary N) is 1. The van der Waals surface area contributed by atoms with Gasteiger partial charge in [0.25, 0.3) is 0 Å². The third-order valence-electron chi connectivity index (χ3n) is 2.84. The van der Waals surface area contributed by atoms with E-state index in [-0.39, 0.29) is 41.8 Å². The third-order valence-corrected chi connectivity index (χ3v) is 2.84. The number of methoxy groups -OCH3 is 4. The monoisotopic (exact) mass is 348 g/mol. The topological polar surface area (TPSA) is 109 Å². The van der Waals surface area contributed by atoms with Crippen molar-refractivity contribution in [2.45, 2.75) is 6.04 Å². The highest BCUT2D eigenvalue weighted by Gasteiger charge is 2.20. The molecule has 3 N–H and O–H groups in total. The van der Waals surface area contributed by atoms with Crippen LogP contribution in [0.5, 0.6) is 11.5 Å². The Balaban J connectivity index is 0.00000484. The molecule has 0 aliphatic heterocycles. The molecular weight excluding hydrogens is 328 g/mol. The Labute approximate surface area is 140 Å². The lowest BCUT2D eigenvalue weighted by molar-refractivity contribution is -0.118. The minimum absolute atomic E-state index is 0. The first kappa shape index (κ1) is 21.0. The molecule has 1 atom stereocenters. The van der Waals surface area contributed by atoms with Gasteiger partial charge in [-0.1, -0.05) is 0 Å². The Hall–Kier alpha value is -2.03. The van der Waals surface area contributed by atoms with Gasteiger partial charge in [0.1, 0.15) is 6.04 Å². The summed E-state index contributed by atoms with van der Waals surface area (Å²) in [5, 5.41) is 2.58. The number of ether oxygens (including phenoxy) is 4. The molecule has 0 bridgehead atoms. The van der Waals surface area contributed by atoms with Crippen LogP contribution in [0.2, 0.25) is 0 Å². The molecule has 0 saturated heterocycles. The van der Waals surface area contributed by atoms with Crippen LogP contribution < -0.4 is 20.5 Å². The number of amides is 1. The molecule has 0 heterocycles. The number of hydrogen-bond acceptors (Lipinski definition) is 7. The van der Waals surface area contributed by atoms with Crippen LogP contribution in [-0.4, -0.2) is 53.0 Å². The van der Waals surface area contributed by atoms with Gasteiger partial charge in [-0.3, -0.25) is 4.79 Å². The van der Waals surface area contributed by atoms with Gasteiger partial charge < -0.3 is 30.0 Å². The molecule has 1 aromatic rings. The van der Waals surface area contributed by atoms with Crippen LogP contribution in [0.4, 0.5) is 5.69 Å². The number of halogens is 1. The predicted molar refractivity (Wildman–Crippen MR) is 86.6 cm³/mol. The Bertz CT molecular complexity index is 552. The van der Waals surface area contributed by atoms with E-state index in [4.69, 9.17) is 19.9 Å². The number of benzene rings is 1. The quantitative estimate of drug-likeness (QED) is 0.702. The summed E-state index contributed by atoms with van der Waals surface area (Å²) in [7, 11) is 5.53. The first-order valence-corrected chi connectivity index (χ1v) is 6.38. The Morgan fingerprint density at radius 3 is 2.30 bits per heavy atom. The van der Waals surface area contributed by atoms with Crippen molar-refractivity contribution in [2.75, 3.05) is 40.4 Å². The SMILES string of the molecule is COCC(N)C(=O)Nc1cc(C(=O)OC)cc(OC)c1OC.Cl. The van der Waals surface area contributed by atoms with Crippen LogP contribution in [0.1, 0.15) is 10.4 Å². The zero-order valence-corrected chi connectivity index (χ0v) is 14.2. The van der Waals surface area contributed by atoms with Crippen molar-refractivity contribution in [1.29, 1.82) is 0 Å². The molecule has 1 aromatic carbocycles. The molecule has 0 spiro atoms. The molecule has 1 amide bonds. The second-order valence-corrected chi connectivity index (χ2v) is 4.30. The number of anilines is 1. The van der Waals surface area contributed by atoms with Crippen LogP contribution in [0.15, 0.2) is 12.1 Å². The highest BCUT2D eigenvalue weighted by molar-refractivity contribution is 5.99. The smallest absolute Gasteiger partial charge is 0.338 e. The Morgan fingerprint density at radius 2 is 1.83 bits per heavy atom. The zero-order chi connectivity index (χ0) is 16.7. The molecule has 0 radical (unpaired) electrons. The van der Waals surface area contributed by atoms with E-state index in [0.717, 1.165) is 0 Å². The normalized spacial score (nSPS) is 11.0. The lowest BCUT2D eigenvalue weighted by atomic mass is 10.1. The first-order valence-electron chi connectivity index (χ1n) is 6.38. The van der Waals surface area contributed by atoms with Crippen LogP contribution in [0.25, 0.3) is 0 Å². The number of nitrogens with one attached hydrogen (secondary N) is 1. The Morgan fingerprint density at radius 1 is 1.17 bits per heavy atom. The summed E-state index contributed by atoms with van der Waals surface area (Å²) in [4.78, 5) is 23.7. The van der Waals surface area contributed by atoms with E-state index < -0.39 is 17.9 Å². The molecule has 0 aromatic heterocycles. The van der Waals surface area contributed by atoms with Crippen molar-refractivity contribution >= 4 is 30.0 Å². The molecule has 0 fully saturated rings. The van der Waals surface area contributed by atoms with Gasteiger partial charge in [-0.25, -0.2) is 4.79 Å². The second kappa shape index (κ2) is 9.88. The highest BCUT2D eigenvalue weighted by atomic mass is 35.5. The molecule has 0 aliphatic rings. The summed E-state index contributed by atoms with van der Waals surface area (Å²) in [6.45, 7) is 0.0575. The lowest BCUT2D eigenvalue weighted by Crippen LogP contribution is -2.39. The van der Waals surface area contributed by atoms with Gasteiger partial charge in [-0.2, -0.15) is 0 Å². The van der Waals surface area contributed by atoms with E-state index in [9.17, 15) is 9.59 Å². The molecule has 23 heavy (non-hydrogen) atoms. The van der Waals surface area contributed by atoms with Gasteiger partial charge in [0.15, 0.2) is 11.5 Å². The largest absolute Gasteiger partial charge is 0.493 e. The van der Waals surface area contributed by atoms with E-state index in [1.807, 2.05) is 0 Å². The number of hydrogen-bond donors (Lipinski definition) is 2. The van der Waals surface area contributed by atoms with Crippen LogP contribution in [0, 0.1) is 0 Å². The summed E-state index contributed by atoms with van der Waals surface area (Å²) >= 11 is 0. The standard InChI is InChI=1S/C14H20N2O6.ClH/c1-19-7-9(15)13(17)16-10-5-8(14(18)22-4)6-11(20-2)12(10)21-3;/h5-6,9H,7,15H2,1-4H3,(H,16,17);1H. The fourth-order valence-corrected chi connectivity index (χ4v) is 1.77. The van der Waals surface area contributed by atoms with Crippen molar-refractivity contribution in [3.63, 3.8) is 0 Å². The summed E-state index contributed by atoms with van der Waals surface area (Å²) < 4.78 is 19.9. The maximum absolute atomic E-state index is 12.0. The van der Waals surface area contributed by atoms with Gasteiger partial charge in [0.2, 0.25) is 5.91 Å². The number of rotatable bonds is 7. The van der Waals surface area contributed by atoms with E-state index in [1.165, 1.54) is 40.6 Å². The summed E-state index contributed by atoms with van der Waals surface area (Å²) in [5.74, 6) is -0.504. The molecule has 0 saturated carbocycles. The number of carbonyl (C=O) groups excluding carboxylic acids is 2. The van der Waals surface area contributed by atoms with Gasteiger partial charge >= 0.3 is 5.97 Å². The van der Waals surface area contributed by atoms with Crippen molar-refractivity contribution in [3.8, 4) is 11.5 Å². The van der Waals surface area contributed by atoms with Gasteiger partial charge in [0.05, 0.1) is 39.2 Å².